The number of rotatable bonds is 5. The molecular formula is C13H17NO4. The molecule has 2 rings (SSSR count). The van der Waals surface area contributed by atoms with E-state index >= 15 is 0 Å². The molecule has 0 saturated carbocycles. The summed E-state index contributed by atoms with van der Waals surface area (Å²) in [6.07, 6.45) is 3.54. The van der Waals surface area contributed by atoms with E-state index in [-0.39, 0.29) is 11.5 Å². The molecule has 1 aliphatic rings. The van der Waals surface area contributed by atoms with Gasteiger partial charge in [-0.1, -0.05) is 0 Å². The van der Waals surface area contributed by atoms with Crippen molar-refractivity contribution in [3.05, 3.63) is 23.5 Å². The summed E-state index contributed by atoms with van der Waals surface area (Å²) in [6, 6.07) is 1.44. The molecule has 1 N–H and O–H groups in total. The lowest BCUT2D eigenvalue weighted by atomic mass is 10.1. The van der Waals surface area contributed by atoms with Crippen LogP contribution >= 0.6 is 0 Å². The summed E-state index contributed by atoms with van der Waals surface area (Å²) < 4.78 is 6.94. The van der Waals surface area contributed by atoms with Gasteiger partial charge in [0.05, 0.1) is 0 Å². The minimum Gasteiger partial charge on any atom is -0.477 e. The van der Waals surface area contributed by atoms with Crippen LogP contribution < -0.4 is 0 Å². The average molecular weight is 251 g/mol. The topological polar surface area (TPSA) is 68.5 Å². The molecule has 18 heavy (non-hydrogen) atoms. The average Bonchev–Trinajstić information content (AvgIpc) is 2.95. The molecule has 1 aromatic heterocycles. The van der Waals surface area contributed by atoms with Crippen LogP contribution in [0.4, 0.5) is 0 Å². The molecule has 0 spiro atoms. The fraction of sp³-hybridized carbons (Fsp3) is 0.538. The highest BCUT2D eigenvalue weighted by Gasteiger charge is 2.18. The molecule has 5 nitrogen and oxygen atoms in total. The maximum atomic E-state index is 11.3. The summed E-state index contributed by atoms with van der Waals surface area (Å²) in [6.45, 7) is 3.60. The minimum atomic E-state index is -0.995. The highest BCUT2D eigenvalue weighted by Crippen LogP contribution is 2.19. The third kappa shape index (κ3) is 2.79. The number of carboxylic acids is 1. The largest absolute Gasteiger partial charge is 0.477 e. The Morgan fingerprint density at radius 1 is 1.56 bits per heavy atom. The van der Waals surface area contributed by atoms with Crippen molar-refractivity contribution in [2.45, 2.75) is 26.3 Å². The van der Waals surface area contributed by atoms with Gasteiger partial charge < -0.3 is 14.4 Å². The molecular weight excluding hydrogens is 234 g/mol. The number of aromatic carboxylic acids is 1. The predicted molar refractivity (Wildman–Crippen MR) is 64.9 cm³/mol. The van der Waals surface area contributed by atoms with Crippen LogP contribution in [0.1, 0.15) is 40.6 Å². The summed E-state index contributed by atoms with van der Waals surface area (Å²) in [5, 5.41) is 9.10. The monoisotopic (exact) mass is 251 g/mol. The number of Topliss-reactive ketones (excluding diaryl/α,β-unsaturated/α-hetero) is 1. The van der Waals surface area contributed by atoms with E-state index in [4.69, 9.17) is 9.84 Å². The van der Waals surface area contributed by atoms with Gasteiger partial charge in [0.15, 0.2) is 5.78 Å². The third-order valence-electron chi connectivity index (χ3n) is 3.32. The van der Waals surface area contributed by atoms with Crippen molar-refractivity contribution < 1.29 is 19.4 Å². The van der Waals surface area contributed by atoms with Gasteiger partial charge >= 0.3 is 5.97 Å². The Hall–Kier alpha value is -1.62. The van der Waals surface area contributed by atoms with Gasteiger partial charge in [0.1, 0.15) is 5.69 Å². The van der Waals surface area contributed by atoms with E-state index in [9.17, 15) is 9.59 Å². The number of aryl methyl sites for hydroxylation is 1. The van der Waals surface area contributed by atoms with Gasteiger partial charge in [-0.3, -0.25) is 4.79 Å². The zero-order valence-electron chi connectivity index (χ0n) is 10.4. The van der Waals surface area contributed by atoms with Crippen LogP contribution in [0.15, 0.2) is 12.3 Å². The van der Waals surface area contributed by atoms with Gasteiger partial charge in [-0.2, -0.15) is 0 Å². The second-order valence-corrected chi connectivity index (χ2v) is 4.69. The normalized spacial score (nSPS) is 19.1. The number of hydrogen-bond donors (Lipinski definition) is 1. The van der Waals surface area contributed by atoms with E-state index in [2.05, 4.69) is 0 Å². The van der Waals surface area contributed by atoms with Crippen LogP contribution in [0.3, 0.4) is 0 Å². The maximum Gasteiger partial charge on any atom is 0.352 e. The lowest BCUT2D eigenvalue weighted by molar-refractivity contribution is 0.0684. The SMILES string of the molecule is CC(=O)c1cc(C(=O)O)n(CCC2CCOC2)c1. The predicted octanol–water partition coefficient (Wildman–Crippen LogP) is 1.82. The first-order valence-electron chi connectivity index (χ1n) is 6.10. The Morgan fingerprint density at radius 3 is 2.89 bits per heavy atom. The van der Waals surface area contributed by atoms with Crippen LogP contribution in [0.25, 0.3) is 0 Å². The minimum absolute atomic E-state index is 0.111. The van der Waals surface area contributed by atoms with Crippen molar-refractivity contribution in [1.29, 1.82) is 0 Å². The number of carbonyl (C=O) groups is 2. The molecule has 0 aliphatic carbocycles. The van der Waals surface area contributed by atoms with Gasteiger partial charge in [-0.05, 0) is 31.7 Å². The third-order valence-corrected chi connectivity index (χ3v) is 3.32. The quantitative estimate of drug-likeness (QED) is 0.810. The van der Waals surface area contributed by atoms with Crippen molar-refractivity contribution in [3.8, 4) is 0 Å². The molecule has 1 aliphatic heterocycles. The van der Waals surface area contributed by atoms with Gasteiger partial charge in [-0.15, -0.1) is 0 Å². The summed E-state index contributed by atoms with van der Waals surface area (Å²) in [5.41, 5.74) is 0.634. The maximum absolute atomic E-state index is 11.3. The van der Waals surface area contributed by atoms with Crippen molar-refractivity contribution in [2.24, 2.45) is 5.92 Å². The number of ketones is 1. The number of aromatic nitrogens is 1. The van der Waals surface area contributed by atoms with Gasteiger partial charge in [0.25, 0.3) is 0 Å². The summed E-state index contributed by atoms with van der Waals surface area (Å²) >= 11 is 0. The highest BCUT2D eigenvalue weighted by molar-refractivity contribution is 5.97. The van der Waals surface area contributed by atoms with Crippen LogP contribution in [0.2, 0.25) is 0 Å². The summed E-state index contributed by atoms with van der Waals surface area (Å²) in [7, 11) is 0. The highest BCUT2D eigenvalue weighted by atomic mass is 16.5. The Balaban J connectivity index is 2.09. The zero-order valence-corrected chi connectivity index (χ0v) is 10.4. The molecule has 2 heterocycles. The Labute approximate surface area is 105 Å². The number of hydrogen-bond acceptors (Lipinski definition) is 3. The second kappa shape index (κ2) is 5.35. The number of carboxylic acid groups (broad SMARTS) is 1. The molecule has 1 aromatic rings. The lowest BCUT2D eigenvalue weighted by Crippen LogP contribution is -2.11. The summed E-state index contributed by atoms with van der Waals surface area (Å²) in [4.78, 5) is 22.4. The van der Waals surface area contributed by atoms with E-state index in [1.807, 2.05) is 0 Å². The first kappa shape index (κ1) is 12.8. The standard InChI is InChI=1S/C13H17NO4/c1-9(15)11-6-12(13(16)17)14(7-11)4-2-10-3-5-18-8-10/h6-7,10H,2-5,8H2,1H3,(H,16,17). The van der Waals surface area contributed by atoms with Crippen LogP contribution in [0, 0.1) is 5.92 Å². The van der Waals surface area contributed by atoms with E-state index in [1.165, 1.54) is 13.0 Å². The molecule has 0 radical (unpaired) electrons. The molecule has 5 heteroatoms. The van der Waals surface area contributed by atoms with Crippen molar-refractivity contribution in [2.75, 3.05) is 13.2 Å². The number of ether oxygens (including phenoxy) is 1. The first-order chi connectivity index (χ1) is 8.58. The molecule has 1 atom stereocenters. The zero-order chi connectivity index (χ0) is 13.1. The smallest absolute Gasteiger partial charge is 0.352 e. The van der Waals surface area contributed by atoms with Crippen LogP contribution in [-0.4, -0.2) is 34.6 Å². The van der Waals surface area contributed by atoms with Gasteiger partial charge in [0, 0.05) is 31.5 Å². The van der Waals surface area contributed by atoms with Crippen molar-refractivity contribution in [3.63, 3.8) is 0 Å². The number of carbonyl (C=O) groups excluding carboxylic acids is 1. The Morgan fingerprint density at radius 2 is 2.33 bits per heavy atom. The van der Waals surface area contributed by atoms with E-state index in [1.54, 1.807) is 10.8 Å². The molecule has 1 saturated heterocycles. The number of nitrogens with zero attached hydrogens (tertiary/aromatic N) is 1. The fourth-order valence-corrected chi connectivity index (χ4v) is 2.20. The van der Waals surface area contributed by atoms with E-state index in [0.717, 1.165) is 26.1 Å². The van der Waals surface area contributed by atoms with Gasteiger partial charge in [-0.25, -0.2) is 4.79 Å². The van der Waals surface area contributed by atoms with Crippen molar-refractivity contribution in [1.82, 2.24) is 4.57 Å². The van der Waals surface area contributed by atoms with Gasteiger partial charge in [0.2, 0.25) is 0 Å². The van der Waals surface area contributed by atoms with E-state index in [0.29, 0.717) is 18.0 Å². The molecule has 0 amide bonds. The molecule has 0 bridgehead atoms. The first-order valence-corrected chi connectivity index (χ1v) is 6.10. The molecule has 1 unspecified atom stereocenters. The van der Waals surface area contributed by atoms with Crippen LogP contribution in [-0.2, 0) is 11.3 Å². The molecule has 1 fully saturated rings. The Bertz CT molecular complexity index is 458. The van der Waals surface area contributed by atoms with Crippen molar-refractivity contribution >= 4 is 11.8 Å². The summed E-state index contributed by atoms with van der Waals surface area (Å²) in [5.74, 6) is -0.611. The van der Waals surface area contributed by atoms with E-state index < -0.39 is 5.97 Å². The van der Waals surface area contributed by atoms with Crippen LogP contribution in [0.5, 0.6) is 0 Å². The lowest BCUT2D eigenvalue weighted by Gasteiger charge is -2.09. The fourth-order valence-electron chi connectivity index (χ4n) is 2.20. The Kier molecular flexibility index (Phi) is 3.81. The second-order valence-electron chi connectivity index (χ2n) is 4.69. The molecule has 0 aromatic carbocycles. The molecule has 98 valence electrons.